The molecule has 3 nitrogen and oxygen atoms in total. The van der Waals surface area contributed by atoms with Gasteiger partial charge in [0.1, 0.15) is 17.5 Å². The average Bonchev–Trinajstić information content (AvgIpc) is 3.10. The molecule has 0 N–H and O–H groups in total. The van der Waals surface area contributed by atoms with Crippen molar-refractivity contribution < 1.29 is 13.3 Å². The molecule has 0 aliphatic carbocycles. The highest BCUT2D eigenvalue weighted by atomic mass is 32.2. The highest BCUT2D eigenvalue weighted by molar-refractivity contribution is 7.84. The maximum Gasteiger partial charge on any atom is 0.123 e. The Morgan fingerprint density at radius 2 is 1.76 bits per heavy atom. The summed E-state index contributed by atoms with van der Waals surface area (Å²) in [4.78, 5) is 3.09. The smallest absolute Gasteiger partial charge is 0.123 e. The van der Waals surface area contributed by atoms with Crippen molar-refractivity contribution in [3.05, 3.63) is 48.0 Å². The summed E-state index contributed by atoms with van der Waals surface area (Å²) in [5.41, 5.74) is 2.44. The fourth-order valence-electron chi connectivity index (χ4n) is 4.57. The van der Waals surface area contributed by atoms with E-state index in [4.69, 9.17) is 4.74 Å². The van der Waals surface area contributed by atoms with E-state index >= 15 is 0 Å². The molecular weight excluding hydrogens is 385 g/mol. The van der Waals surface area contributed by atoms with Gasteiger partial charge in [-0.1, -0.05) is 18.2 Å². The Morgan fingerprint density at radius 3 is 2.38 bits per heavy atom. The van der Waals surface area contributed by atoms with Gasteiger partial charge >= 0.3 is 0 Å². The zero-order valence-corrected chi connectivity index (χ0v) is 18.3. The molecule has 2 atom stereocenters. The van der Waals surface area contributed by atoms with Crippen molar-refractivity contribution in [2.24, 2.45) is 5.92 Å². The largest absolute Gasteiger partial charge is 0.490 e. The van der Waals surface area contributed by atoms with Crippen LogP contribution in [0.5, 0.6) is 5.75 Å². The summed E-state index contributed by atoms with van der Waals surface area (Å²) in [5.74, 6) is 1.53. The number of nitrogens with zero attached hydrogens (tertiary/aromatic N) is 1. The van der Waals surface area contributed by atoms with Crippen LogP contribution in [0.1, 0.15) is 32.3 Å². The molecular formula is C24H30FNO2S. The van der Waals surface area contributed by atoms with E-state index in [-0.39, 0.29) is 6.10 Å². The maximum absolute atomic E-state index is 13.9. The highest BCUT2D eigenvalue weighted by Gasteiger charge is 2.34. The van der Waals surface area contributed by atoms with Crippen LogP contribution in [0.3, 0.4) is 0 Å². The summed E-state index contributed by atoms with van der Waals surface area (Å²) >= 11 is 0. The van der Waals surface area contributed by atoms with Gasteiger partial charge in [-0.05, 0) is 86.7 Å². The molecule has 2 aliphatic rings. The lowest BCUT2D eigenvalue weighted by Gasteiger charge is -2.36. The standard InChI is InChI=1S/C24H30FNO2S/c1-24(2,25)16-26-12-10-18(11-13-26)23-15-20-14-19(6-9-22(20)28-23)17-4-7-21(8-5-17)29(3)27/h4-9,14,18,23H,10-13,15-16H2,1-3H3. The van der Waals surface area contributed by atoms with E-state index in [1.165, 1.54) is 11.1 Å². The topological polar surface area (TPSA) is 29.5 Å². The Balaban J connectivity index is 1.40. The fraction of sp³-hybridized carbons (Fsp3) is 0.500. The Kier molecular flexibility index (Phi) is 5.80. The Hall–Kier alpha value is -1.72. The van der Waals surface area contributed by atoms with E-state index in [0.29, 0.717) is 12.5 Å². The van der Waals surface area contributed by atoms with Crippen LogP contribution in [-0.4, -0.2) is 46.8 Å². The van der Waals surface area contributed by atoms with Crippen molar-refractivity contribution in [3.63, 3.8) is 0 Å². The number of hydrogen-bond donors (Lipinski definition) is 0. The van der Waals surface area contributed by atoms with Crippen LogP contribution in [-0.2, 0) is 17.2 Å². The van der Waals surface area contributed by atoms with E-state index in [9.17, 15) is 8.60 Å². The molecule has 0 saturated carbocycles. The molecule has 0 spiro atoms. The lowest BCUT2D eigenvalue weighted by Crippen LogP contribution is -2.43. The minimum absolute atomic E-state index is 0.227. The van der Waals surface area contributed by atoms with Crippen LogP contribution < -0.4 is 4.74 Å². The van der Waals surface area contributed by atoms with Crippen molar-refractivity contribution in [2.75, 3.05) is 25.9 Å². The van der Waals surface area contributed by atoms with Crippen molar-refractivity contribution in [2.45, 2.75) is 49.8 Å². The summed E-state index contributed by atoms with van der Waals surface area (Å²) in [6, 6.07) is 14.4. The quantitative estimate of drug-likeness (QED) is 0.699. The second-order valence-electron chi connectivity index (χ2n) is 8.99. The number of likely N-dealkylation sites (tertiary alicyclic amines) is 1. The number of benzene rings is 2. The molecule has 4 rings (SSSR count). The maximum atomic E-state index is 13.9. The lowest BCUT2D eigenvalue weighted by atomic mass is 9.88. The summed E-state index contributed by atoms with van der Waals surface area (Å²) in [5, 5.41) is 0. The van der Waals surface area contributed by atoms with Gasteiger partial charge in [-0.25, -0.2) is 4.39 Å². The molecule has 2 aliphatic heterocycles. The third-order valence-corrected chi connectivity index (χ3v) is 6.97. The van der Waals surface area contributed by atoms with Crippen LogP contribution >= 0.6 is 0 Å². The highest BCUT2D eigenvalue weighted by Crippen LogP contribution is 2.37. The summed E-state index contributed by atoms with van der Waals surface area (Å²) < 4.78 is 31.8. The molecule has 156 valence electrons. The number of alkyl halides is 1. The first kappa shape index (κ1) is 20.5. The van der Waals surface area contributed by atoms with E-state index in [1.807, 2.05) is 24.3 Å². The Bertz CT molecular complexity index is 883. The molecule has 0 bridgehead atoms. The molecule has 0 amide bonds. The predicted octanol–water partition coefficient (Wildman–Crippen LogP) is 4.85. The molecule has 2 aromatic rings. The molecule has 5 heteroatoms. The van der Waals surface area contributed by atoms with Crippen LogP contribution in [0, 0.1) is 5.92 Å². The Morgan fingerprint density at radius 1 is 1.10 bits per heavy atom. The summed E-state index contributed by atoms with van der Waals surface area (Å²) in [7, 11) is -0.954. The van der Waals surface area contributed by atoms with Crippen LogP contribution in [0.2, 0.25) is 0 Å². The van der Waals surface area contributed by atoms with Gasteiger partial charge in [-0.15, -0.1) is 0 Å². The summed E-state index contributed by atoms with van der Waals surface area (Å²) in [6.07, 6.45) is 5.00. The predicted molar refractivity (Wildman–Crippen MR) is 117 cm³/mol. The van der Waals surface area contributed by atoms with Gasteiger partial charge in [-0.3, -0.25) is 4.21 Å². The molecule has 1 saturated heterocycles. The SMILES string of the molecule is CS(=O)c1ccc(-c2ccc3c(c2)CC(C2CCN(CC(C)(C)F)CC2)O3)cc1. The van der Waals surface area contributed by atoms with E-state index in [2.05, 4.69) is 23.1 Å². The van der Waals surface area contributed by atoms with Crippen molar-refractivity contribution >= 4 is 10.8 Å². The number of piperidine rings is 1. The van der Waals surface area contributed by atoms with Gasteiger partial charge in [0.2, 0.25) is 0 Å². The lowest BCUT2D eigenvalue weighted by molar-refractivity contribution is 0.0606. The molecule has 0 aromatic heterocycles. The van der Waals surface area contributed by atoms with Gasteiger partial charge in [0.25, 0.3) is 0 Å². The van der Waals surface area contributed by atoms with Crippen LogP contribution in [0.15, 0.2) is 47.4 Å². The number of fused-ring (bicyclic) bond motifs is 1. The molecule has 29 heavy (non-hydrogen) atoms. The first-order chi connectivity index (χ1) is 13.8. The van der Waals surface area contributed by atoms with Gasteiger partial charge in [0.15, 0.2) is 0 Å². The van der Waals surface area contributed by atoms with Gasteiger partial charge in [-0.2, -0.15) is 0 Å². The first-order valence-electron chi connectivity index (χ1n) is 10.4. The molecule has 2 heterocycles. The van der Waals surface area contributed by atoms with Crippen molar-refractivity contribution in [1.29, 1.82) is 0 Å². The van der Waals surface area contributed by atoms with Gasteiger partial charge in [0, 0.05) is 34.9 Å². The normalized spacial score (nSPS) is 21.6. The Labute approximate surface area is 175 Å². The van der Waals surface area contributed by atoms with Crippen LogP contribution in [0.4, 0.5) is 4.39 Å². The monoisotopic (exact) mass is 415 g/mol. The minimum atomic E-state index is -1.13. The molecule has 0 radical (unpaired) electrons. The zero-order chi connectivity index (χ0) is 20.6. The second kappa shape index (κ2) is 8.19. The number of hydrogen-bond acceptors (Lipinski definition) is 3. The third-order valence-electron chi connectivity index (χ3n) is 6.04. The number of ether oxygens (including phenoxy) is 1. The van der Waals surface area contributed by atoms with Gasteiger partial charge < -0.3 is 9.64 Å². The minimum Gasteiger partial charge on any atom is -0.490 e. The second-order valence-corrected chi connectivity index (χ2v) is 10.4. The van der Waals surface area contributed by atoms with Crippen LogP contribution in [0.25, 0.3) is 11.1 Å². The third kappa shape index (κ3) is 4.89. The summed E-state index contributed by atoms with van der Waals surface area (Å²) in [6.45, 7) is 5.72. The molecule has 1 fully saturated rings. The number of rotatable bonds is 5. The fourth-order valence-corrected chi connectivity index (χ4v) is 5.09. The first-order valence-corrected chi connectivity index (χ1v) is 12.0. The van der Waals surface area contributed by atoms with E-state index in [0.717, 1.165) is 48.6 Å². The van der Waals surface area contributed by atoms with Crippen molar-refractivity contribution in [3.8, 4) is 16.9 Å². The zero-order valence-electron chi connectivity index (χ0n) is 17.5. The van der Waals surface area contributed by atoms with Gasteiger partial charge in [0.05, 0.1) is 0 Å². The van der Waals surface area contributed by atoms with Crippen molar-refractivity contribution in [1.82, 2.24) is 4.90 Å². The number of halogens is 1. The molecule has 2 unspecified atom stereocenters. The van der Waals surface area contributed by atoms with E-state index in [1.54, 1.807) is 20.1 Å². The van der Waals surface area contributed by atoms with E-state index < -0.39 is 16.5 Å². The molecule has 2 aromatic carbocycles. The average molecular weight is 416 g/mol.